The van der Waals surface area contributed by atoms with Crippen LogP contribution in [0.25, 0.3) is 0 Å². The molecule has 0 aliphatic rings. The summed E-state index contributed by atoms with van der Waals surface area (Å²) >= 11 is 6.34. The maximum Gasteiger partial charge on any atom is 0.238 e. The number of rotatable bonds is 4. The number of aromatic nitrogens is 2. The minimum atomic E-state index is -0.378. The van der Waals surface area contributed by atoms with Crippen LogP contribution in [0, 0.1) is 5.41 Å². The van der Waals surface area contributed by atoms with Crippen LogP contribution in [0.1, 0.15) is 49.9 Å². The van der Waals surface area contributed by atoms with Crippen LogP contribution in [-0.2, 0) is 6.42 Å². The summed E-state index contributed by atoms with van der Waals surface area (Å²) in [6.07, 6.45) is 1.79. The maximum atomic E-state index is 6.34. The van der Waals surface area contributed by atoms with Crippen molar-refractivity contribution in [1.82, 2.24) is 10.2 Å². The van der Waals surface area contributed by atoms with Gasteiger partial charge in [0.2, 0.25) is 11.8 Å². The molecule has 0 aliphatic carbocycles. The fourth-order valence-corrected chi connectivity index (χ4v) is 1.95. The third-order valence-corrected chi connectivity index (χ3v) is 3.32. The fraction of sp³-hybridized carbons (Fsp3) is 0.467. The van der Waals surface area contributed by atoms with Crippen LogP contribution in [0.2, 0.25) is 0 Å². The summed E-state index contributed by atoms with van der Waals surface area (Å²) in [5.41, 5.74) is 1.23. The van der Waals surface area contributed by atoms with E-state index in [1.165, 1.54) is 0 Å². The van der Waals surface area contributed by atoms with E-state index in [4.69, 9.17) is 16.0 Å². The van der Waals surface area contributed by atoms with Gasteiger partial charge in [0.25, 0.3) is 0 Å². The molecule has 0 amide bonds. The van der Waals surface area contributed by atoms with E-state index in [0.717, 1.165) is 18.4 Å². The van der Waals surface area contributed by atoms with Crippen LogP contribution in [0.15, 0.2) is 34.7 Å². The van der Waals surface area contributed by atoms with Gasteiger partial charge in [-0.2, -0.15) is 0 Å². The molecule has 1 atom stereocenters. The van der Waals surface area contributed by atoms with E-state index < -0.39 is 0 Å². The van der Waals surface area contributed by atoms with Crippen molar-refractivity contribution in [2.75, 3.05) is 0 Å². The third kappa shape index (κ3) is 4.06. The summed E-state index contributed by atoms with van der Waals surface area (Å²) in [6, 6.07) is 9.76. The van der Waals surface area contributed by atoms with Gasteiger partial charge in [0.15, 0.2) is 0 Å². The molecule has 102 valence electrons. The second-order valence-electron chi connectivity index (χ2n) is 5.87. The zero-order valence-corrected chi connectivity index (χ0v) is 12.3. The summed E-state index contributed by atoms with van der Waals surface area (Å²) in [4.78, 5) is 0. The normalized spacial score (nSPS) is 13.5. The van der Waals surface area contributed by atoms with Crippen molar-refractivity contribution in [3.05, 3.63) is 47.7 Å². The Hall–Kier alpha value is -1.35. The molecule has 2 aromatic rings. The first-order valence-electron chi connectivity index (χ1n) is 6.47. The molecule has 3 nitrogen and oxygen atoms in total. The predicted molar refractivity (Wildman–Crippen MR) is 76.2 cm³/mol. The Balaban J connectivity index is 2.05. The van der Waals surface area contributed by atoms with Crippen molar-refractivity contribution >= 4 is 11.6 Å². The van der Waals surface area contributed by atoms with Gasteiger partial charge in [0.05, 0.1) is 0 Å². The Labute approximate surface area is 119 Å². The Morgan fingerprint density at radius 2 is 1.84 bits per heavy atom. The van der Waals surface area contributed by atoms with Crippen LogP contribution in [0.3, 0.4) is 0 Å². The molecule has 0 radical (unpaired) electrons. The SMILES string of the molecule is CC(C)(C)CCc1nnc(C(Cl)c2ccccc2)o1. The highest BCUT2D eigenvalue weighted by atomic mass is 35.5. The average Bonchev–Trinajstić information content (AvgIpc) is 2.84. The summed E-state index contributed by atoms with van der Waals surface area (Å²) in [6.45, 7) is 6.58. The van der Waals surface area contributed by atoms with E-state index >= 15 is 0 Å². The zero-order chi connectivity index (χ0) is 13.9. The fourth-order valence-electron chi connectivity index (χ4n) is 1.72. The first-order chi connectivity index (χ1) is 8.96. The number of nitrogens with zero attached hydrogens (tertiary/aromatic N) is 2. The third-order valence-electron chi connectivity index (χ3n) is 2.88. The number of hydrogen-bond donors (Lipinski definition) is 0. The first-order valence-corrected chi connectivity index (χ1v) is 6.91. The highest BCUT2D eigenvalue weighted by molar-refractivity contribution is 6.22. The van der Waals surface area contributed by atoms with Crippen LogP contribution in [0.5, 0.6) is 0 Å². The lowest BCUT2D eigenvalue weighted by Crippen LogP contribution is -2.06. The molecule has 4 heteroatoms. The van der Waals surface area contributed by atoms with Gasteiger partial charge in [-0.05, 0) is 17.4 Å². The van der Waals surface area contributed by atoms with Crippen LogP contribution < -0.4 is 0 Å². The van der Waals surface area contributed by atoms with Crippen LogP contribution >= 0.6 is 11.6 Å². The molecule has 1 aromatic carbocycles. The van der Waals surface area contributed by atoms with Crippen molar-refractivity contribution in [1.29, 1.82) is 0 Å². The van der Waals surface area contributed by atoms with Gasteiger partial charge in [0.1, 0.15) is 5.38 Å². The van der Waals surface area contributed by atoms with Gasteiger partial charge >= 0.3 is 0 Å². The van der Waals surface area contributed by atoms with E-state index in [1.54, 1.807) is 0 Å². The number of alkyl halides is 1. The molecule has 0 aliphatic heterocycles. The van der Waals surface area contributed by atoms with Crippen molar-refractivity contribution in [3.8, 4) is 0 Å². The quantitative estimate of drug-likeness (QED) is 0.779. The Morgan fingerprint density at radius 3 is 2.47 bits per heavy atom. The highest BCUT2D eigenvalue weighted by Gasteiger charge is 2.19. The number of hydrogen-bond acceptors (Lipinski definition) is 3. The molecule has 2 rings (SSSR count). The second-order valence-corrected chi connectivity index (χ2v) is 6.30. The lowest BCUT2D eigenvalue weighted by atomic mass is 9.91. The molecule has 0 N–H and O–H groups in total. The molecular formula is C15H19ClN2O. The van der Waals surface area contributed by atoms with E-state index in [9.17, 15) is 0 Å². The molecule has 19 heavy (non-hydrogen) atoms. The summed E-state index contributed by atoms with van der Waals surface area (Å²) in [5, 5.41) is 7.73. The first kappa shape index (κ1) is 14.1. The molecule has 1 aromatic heterocycles. The average molecular weight is 279 g/mol. The Bertz CT molecular complexity index is 516. The molecule has 0 saturated carbocycles. The molecule has 0 spiro atoms. The summed E-state index contributed by atoms with van der Waals surface area (Å²) in [7, 11) is 0. The standard InChI is InChI=1S/C15H19ClN2O/c1-15(2,3)10-9-12-17-18-14(19-12)13(16)11-7-5-4-6-8-11/h4-8,13H,9-10H2,1-3H3. The summed E-state index contributed by atoms with van der Waals surface area (Å²) in [5.74, 6) is 1.13. The van der Waals surface area contributed by atoms with Gasteiger partial charge in [-0.15, -0.1) is 21.8 Å². The summed E-state index contributed by atoms with van der Waals surface area (Å²) < 4.78 is 5.64. The van der Waals surface area contributed by atoms with Gasteiger partial charge < -0.3 is 4.42 Å². The van der Waals surface area contributed by atoms with Crippen molar-refractivity contribution in [2.24, 2.45) is 5.41 Å². The molecule has 0 saturated heterocycles. The lowest BCUT2D eigenvalue weighted by molar-refractivity contribution is 0.350. The topological polar surface area (TPSA) is 38.9 Å². The molecule has 1 unspecified atom stereocenters. The van der Waals surface area contributed by atoms with Gasteiger partial charge in [0, 0.05) is 6.42 Å². The lowest BCUT2D eigenvalue weighted by Gasteiger charge is -2.15. The number of aryl methyl sites for hydroxylation is 1. The van der Waals surface area contributed by atoms with Gasteiger partial charge in [-0.1, -0.05) is 51.1 Å². The number of halogens is 1. The monoisotopic (exact) mass is 278 g/mol. The molecule has 0 fully saturated rings. The van der Waals surface area contributed by atoms with Crippen molar-refractivity contribution in [2.45, 2.75) is 39.0 Å². The predicted octanol–water partition coefficient (Wildman–Crippen LogP) is 4.38. The van der Waals surface area contributed by atoms with Crippen molar-refractivity contribution in [3.63, 3.8) is 0 Å². The smallest absolute Gasteiger partial charge is 0.238 e. The van der Waals surface area contributed by atoms with Gasteiger partial charge in [-0.3, -0.25) is 0 Å². The van der Waals surface area contributed by atoms with Crippen LogP contribution in [0.4, 0.5) is 0 Å². The Morgan fingerprint density at radius 1 is 1.16 bits per heavy atom. The van der Waals surface area contributed by atoms with E-state index in [1.807, 2.05) is 30.3 Å². The van der Waals surface area contributed by atoms with Gasteiger partial charge in [-0.25, -0.2) is 0 Å². The maximum absolute atomic E-state index is 6.34. The van der Waals surface area contributed by atoms with E-state index in [-0.39, 0.29) is 10.8 Å². The van der Waals surface area contributed by atoms with Crippen LogP contribution in [-0.4, -0.2) is 10.2 Å². The number of benzene rings is 1. The van der Waals surface area contributed by atoms with E-state index in [2.05, 4.69) is 31.0 Å². The highest BCUT2D eigenvalue weighted by Crippen LogP contribution is 2.28. The largest absolute Gasteiger partial charge is 0.423 e. The zero-order valence-electron chi connectivity index (χ0n) is 11.6. The van der Waals surface area contributed by atoms with Crippen molar-refractivity contribution < 1.29 is 4.42 Å². The van der Waals surface area contributed by atoms with E-state index in [0.29, 0.717) is 11.8 Å². The minimum absolute atomic E-state index is 0.258. The Kier molecular flexibility index (Phi) is 4.25. The molecular weight excluding hydrogens is 260 g/mol. The molecule has 1 heterocycles. The second kappa shape index (κ2) is 5.74. The molecule has 0 bridgehead atoms. The minimum Gasteiger partial charge on any atom is -0.423 e.